The van der Waals surface area contributed by atoms with E-state index in [4.69, 9.17) is 0 Å². The van der Waals surface area contributed by atoms with E-state index < -0.39 is 0 Å². The highest BCUT2D eigenvalue weighted by atomic mass is 16.1. The van der Waals surface area contributed by atoms with Gasteiger partial charge in [-0.05, 0) is 40.5 Å². The molecule has 0 aromatic carbocycles. The Morgan fingerprint density at radius 2 is 1.47 bits per heavy atom. The molecule has 0 rings (SSSR count). The number of likely N-dealkylation sites (N-methyl/N-ethyl adjacent to an activating group) is 1. The van der Waals surface area contributed by atoms with Crippen molar-refractivity contribution in [3.05, 3.63) is 0 Å². The van der Waals surface area contributed by atoms with Crippen LogP contribution in [0.5, 0.6) is 0 Å². The number of nitrogens with one attached hydrogen (secondary N) is 2. The molecule has 0 spiro atoms. The monoisotopic (exact) mass is 243 g/mol. The third-order valence-corrected chi connectivity index (χ3v) is 2.64. The second-order valence-electron chi connectivity index (χ2n) is 4.81. The van der Waals surface area contributed by atoms with Crippen molar-refractivity contribution in [1.82, 2.24) is 15.5 Å². The molecule has 0 fully saturated rings. The zero-order valence-corrected chi connectivity index (χ0v) is 11.7. The van der Waals surface area contributed by atoms with E-state index in [2.05, 4.69) is 10.6 Å². The zero-order valence-electron chi connectivity index (χ0n) is 11.7. The highest BCUT2D eigenvalue weighted by molar-refractivity contribution is 5.77. The Morgan fingerprint density at radius 1 is 0.941 bits per heavy atom. The van der Waals surface area contributed by atoms with E-state index in [1.807, 2.05) is 26.0 Å². The van der Waals surface area contributed by atoms with E-state index in [9.17, 15) is 4.79 Å². The molecule has 0 aliphatic rings. The van der Waals surface area contributed by atoms with Gasteiger partial charge in [-0.3, -0.25) is 4.79 Å². The number of unbranched alkanes of at least 4 members (excludes halogenated alkanes) is 5. The van der Waals surface area contributed by atoms with Crippen LogP contribution in [0.25, 0.3) is 0 Å². The SMILES string of the molecule is CNCCCCCCCCNC(=O)CN(C)C. The zero-order chi connectivity index (χ0) is 12.9. The minimum Gasteiger partial charge on any atom is -0.355 e. The summed E-state index contributed by atoms with van der Waals surface area (Å²) in [7, 11) is 5.81. The molecule has 0 radical (unpaired) electrons. The maximum atomic E-state index is 11.3. The van der Waals surface area contributed by atoms with E-state index in [1.165, 1.54) is 32.1 Å². The van der Waals surface area contributed by atoms with Crippen LogP contribution in [0, 0.1) is 0 Å². The van der Waals surface area contributed by atoms with Gasteiger partial charge in [0.05, 0.1) is 6.54 Å². The largest absolute Gasteiger partial charge is 0.355 e. The van der Waals surface area contributed by atoms with Gasteiger partial charge in [0.15, 0.2) is 0 Å². The Hall–Kier alpha value is -0.610. The topological polar surface area (TPSA) is 44.4 Å². The highest BCUT2D eigenvalue weighted by Gasteiger charge is 2.00. The molecule has 0 heterocycles. The molecular weight excluding hydrogens is 214 g/mol. The number of hydrogen-bond donors (Lipinski definition) is 2. The van der Waals surface area contributed by atoms with Crippen molar-refractivity contribution in [3.8, 4) is 0 Å². The molecule has 17 heavy (non-hydrogen) atoms. The lowest BCUT2D eigenvalue weighted by Gasteiger charge is -2.09. The first-order chi connectivity index (χ1) is 8.16. The van der Waals surface area contributed by atoms with Gasteiger partial charge in [-0.2, -0.15) is 0 Å². The number of nitrogens with zero attached hydrogens (tertiary/aromatic N) is 1. The minimum atomic E-state index is 0.129. The Bertz CT molecular complexity index is 184. The molecule has 4 heteroatoms. The first kappa shape index (κ1) is 16.4. The average molecular weight is 243 g/mol. The molecule has 102 valence electrons. The van der Waals surface area contributed by atoms with Crippen molar-refractivity contribution in [1.29, 1.82) is 0 Å². The van der Waals surface area contributed by atoms with Gasteiger partial charge in [0, 0.05) is 6.54 Å². The summed E-state index contributed by atoms with van der Waals surface area (Å²) in [6.45, 7) is 2.44. The number of rotatable bonds is 11. The smallest absolute Gasteiger partial charge is 0.234 e. The van der Waals surface area contributed by atoms with Gasteiger partial charge in [-0.15, -0.1) is 0 Å². The molecule has 0 aliphatic carbocycles. The second kappa shape index (κ2) is 11.9. The van der Waals surface area contributed by atoms with Crippen LogP contribution in [-0.4, -0.2) is 51.6 Å². The van der Waals surface area contributed by atoms with Crippen LogP contribution in [0.4, 0.5) is 0 Å². The molecule has 0 saturated heterocycles. The number of carbonyl (C=O) groups is 1. The molecular formula is C13H29N3O. The number of hydrogen-bond acceptors (Lipinski definition) is 3. The van der Waals surface area contributed by atoms with E-state index >= 15 is 0 Å². The fourth-order valence-corrected chi connectivity index (χ4v) is 1.70. The van der Waals surface area contributed by atoms with Gasteiger partial charge < -0.3 is 15.5 Å². The van der Waals surface area contributed by atoms with Crippen molar-refractivity contribution in [3.63, 3.8) is 0 Å². The van der Waals surface area contributed by atoms with Crippen LogP contribution in [-0.2, 0) is 4.79 Å². The van der Waals surface area contributed by atoms with Gasteiger partial charge in [0.2, 0.25) is 5.91 Å². The van der Waals surface area contributed by atoms with Crippen LogP contribution < -0.4 is 10.6 Å². The van der Waals surface area contributed by atoms with Gasteiger partial charge in [-0.25, -0.2) is 0 Å². The fourth-order valence-electron chi connectivity index (χ4n) is 1.70. The van der Waals surface area contributed by atoms with Gasteiger partial charge in [0.1, 0.15) is 0 Å². The van der Waals surface area contributed by atoms with Gasteiger partial charge in [-0.1, -0.05) is 25.7 Å². The Balaban J connectivity index is 3.10. The third kappa shape index (κ3) is 13.3. The molecule has 0 atom stereocenters. The molecule has 4 nitrogen and oxygen atoms in total. The summed E-state index contributed by atoms with van der Waals surface area (Å²) < 4.78 is 0. The molecule has 0 aliphatic heterocycles. The Kier molecular flexibility index (Phi) is 11.4. The van der Waals surface area contributed by atoms with Crippen molar-refractivity contribution in [2.24, 2.45) is 0 Å². The van der Waals surface area contributed by atoms with Gasteiger partial charge >= 0.3 is 0 Å². The van der Waals surface area contributed by atoms with Crippen molar-refractivity contribution >= 4 is 5.91 Å². The molecule has 0 saturated carbocycles. The van der Waals surface area contributed by atoms with Crippen LogP contribution in [0.15, 0.2) is 0 Å². The maximum absolute atomic E-state index is 11.3. The Morgan fingerprint density at radius 3 is 2.00 bits per heavy atom. The van der Waals surface area contributed by atoms with E-state index in [0.717, 1.165) is 19.5 Å². The Labute approximate surface area is 106 Å². The number of carbonyl (C=O) groups excluding carboxylic acids is 1. The fraction of sp³-hybridized carbons (Fsp3) is 0.923. The third-order valence-electron chi connectivity index (χ3n) is 2.64. The average Bonchev–Trinajstić information content (AvgIpc) is 2.26. The van der Waals surface area contributed by atoms with Crippen LogP contribution >= 0.6 is 0 Å². The predicted molar refractivity (Wildman–Crippen MR) is 73.2 cm³/mol. The summed E-state index contributed by atoms with van der Waals surface area (Å²) in [5.74, 6) is 0.129. The lowest BCUT2D eigenvalue weighted by Crippen LogP contribution is -2.33. The molecule has 2 N–H and O–H groups in total. The van der Waals surface area contributed by atoms with Crippen LogP contribution in [0.3, 0.4) is 0 Å². The van der Waals surface area contributed by atoms with Crippen molar-refractivity contribution < 1.29 is 4.79 Å². The van der Waals surface area contributed by atoms with E-state index in [1.54, 1.807) is 0 Å². The minimum absolute atomic E-state index is 0.129. The summed E-state index contributed by atoms with van der Waals surface area (Å²) in [6.07, 6.45) is 7.51. The summed E-state index contributed by atoms with van der Waals surface area (Å²) in [5.41, 5.74) is 0. The van der Waals surface area contributed by atoms with Crippen LogP contribution in [0.2, 0.25) is 0 Å². The van der Waals surface area contributed by atoms with Crippen molar-refractivity contribution in [2.75, 3.05) is 40.8 Å². The van der Waals surface area contributed by atoms with Gasteiger partial charge in [0.25, 0.3) is 0 Å². The molecule has 0 aromatic rings. The summed E-state index contributed by atoms with van der Waals surface area (Å²) in [6, 6.07) is 0. The summed E-state index contributed by atoms with van der Waals surface area (Å²) in [4.78, 5) is 13.2. The summed E-state index contributed by atoms with van der Waals surface area (Å²) in [5, 5.41) is 6.09. The van der Waals surface area contributed by atoms with Crippen molar-refractivity contribution in [2.45, 2.75) is 38.5 Å². The predicted octanol–water partition coefficient (Wildman–Crippen LogP) is 1.22. The lowest BCUT2D eigenvalue weighted by atomic mass is 10.1. The van der Waals surface area contributed by atoms with Crippen LogP contribution in [0.1, 0.15) is 38.5 Å². The first-order valence-corrected chi connectivity index (χ1v) is 6.73. The molecule has 0 bridgehead atoms. The number of amides is 1. The molecule has 1 amide bonds. The standard InChI is InChI=1S/C13H29N3O/c1-14-10-8-6-4-5-7-9-11-15-13(17)12-16(2)3/h14H,4-12H2,1-3H3,(H,15,17). The molecule has 0 aromatic heterocycles. The second-order valence-corrected chi connectivity index (χ2v) is 4.81. The highest BCUT2D eigenvalue weighted by Crippen LogP contribution is 2.04. The maximum Gasteiger partial charge on any atom is 0.234 e. The quantitative estimate of drug-likeness (QED) is 0.536. The van der Waals surface area contributed by atoms with E-state index in [0.29, 0.717) is 6.54 Å². The summed E-state index contributed by atoms with van der Waals surface area (Å²) >= 11 is 0. The van der Waals surface area contributed by atoms with E-state index in [-0.39, 0.29) is 5.91 Å². The molecule has 0 unspecified atom stereocenters. The first-order valence-electron chi connectivity index (χ1n) is 6.73. The lowest BCUT2D eigenvalue weighted by molar-refractivity contribution is -0.121. The normalized spacial score (nSPS) is 10.8.